The van der Waals surface area contributed by atoms with Crippen LogP contribution in [0.3, 0.4) is 0 Å². The van der Waals surface area contributed by atoms with Crippen molar-refractivity contribution in [2.45, 2.75) is 19.4 Å². The molecule has 1 amide bonds. The van der Waals surface area contributed by atoms with Crippen LogP contribution in [0.15, 0.2) is 24.3 Å². The van der Waals surface area contributed by atoms with Gasteiger partial charge >= 0.3 is 7.12 Å². The van der Waals surface area contributed by atoms with Gasteiger partial charge in [0.15, 0.2) is 5.82 Å². The third-order valence-corrected chi connectivity index (χ3v) is 5.13. The highest BCUT2D eigenvalue weighted by Crippen LogP contribution is 2.33. The number of benzene rings is 1. The van der Waals surface area contributed by atoms with E-state index in [0.29, 0.717) is 31.2 Å². The van der Waals surface area contributed by atoms with Crippen LogP contribution in [-0.2, 0) is 4.74 Å². The minimum atomic E-state index is -0.969. The fraction of sp³-hybridized carbons (Fsp3) is 0.316. The SMILES string of the molecule is Cc1cc2c(cc1Nc1nn([C@H]3COCC[C@@H]3C#N)cc1C(N)=O)C=CB(O)O2. The van der Waals surface area contributed by atoms with Gasteiger partial charge in [-0.05, 0) is 37.0 Å². The number of nitrogens with zero attached hydrogens (tertiary/aromatic N) is 3. The molecular formula is C19H20BN5O4. The molecule has 10 heteroatoms. The highest BCUT2D eigenvalue weighted by Gasteiger charge is 2.30. The second-order valence-electron chi connectivity index (χ2n) is 7.10. The van der Waals surface area contributed by atoms with Crippen molar-refractivity contribution in [2.24, 2.45) is 11.7 Å². The topological polar surface area (TPSA) is 135 Å². The van der Waals surface area contributed by atoms with Gasteiger partial charge in [0.2, 0.25) is 0 Å². The second-order valence-corrected chi connectivity index (χ2v) is 7.10. The van der Waals surface area contributed by atoms with Gasteiger partial charge in [-0.25, -0.2) is 0 Å². The van der Waals surface area contributed by atoms with Crippen LogP contribution < -0.4 is 15.7 Å². The number of anilines is 2. The Morgan fingerprint density at radius 2 is 2.34 bits per heavy atom. The number of nitrogens with one attached hydrogen (secondary N) is 1. The maximum atomic E-state index is 12.0. The normalized spacial score (nSPS) is 20.5. The molecule has 4 N–H and O–H groups in total. The zero-order valence-electron chi connectivity index (χ0n) is 15.8. The molecule has 1 aromatic heterocycles. The molecule has 3 heterocycles. The van der Waals surface area contributed by atoms with E-state index in [9.17, 15) is 15.1 Å². The van der Waals surface area contributed by atoms with E-state index in [1.54, 1.807) is 23.0 Å². The number of amides is 1. The highest BCUT2D eigenvalue weighted by atomic mass is 16.5. The van der Waals surface area contributed by atoms with E-state index >= 15 is 0 Å². The van der Waals surface area contributed by atoms with Gasteiger partial charge in [0.05, 0.1) is 24.6 Å². The van der Waals surface area contributed by atoms with Crippen molar-refractivity contribution in [2.75, 3.05) is 18.5 Å². The Hall–Kier alpha value is -3.29. The second kappa shape index (κ2) is 7.62. The maximum absolute atomic E-state index is 12.0. The lowest BCUT2D eigenvalue weighted by molar-refractivity contribution is 0.0342. The third kappa shape index (κ3) is 3.70. The maximum Gasteiger partial charge on any atom is 0.552 e. The summed E-state index contributed by atoms with van der Waals surface area (Å²) >= 11 is 0. The molecule has 0 spiro atoms. The molecule has 1 aromatic carbocycles. The molecule has 0 bridgehead atoms. The lowest BCUT2D eigenvalue weighted by atomic mass is 9.86. The molecule has 2 aromatic rings. The van der Waals surface area contributed by atoms with E-state index in [0.717, 1.165) is 16.8 Å². The van der Waals surface area contributed by atoms with E-state index in [4.69, 9.17) is 15.1 Å². The minimum Gasteiger partial charge on any atom is -0.532 e. The molecule has 0 saturated carbocycles. The number of hydrogen-bond acceptors (Lipinski definition) is 7. The van der Waals surface area contributed by atoms with Gasteiger partial charge in [0, 0.05) is 24.1 Å². The van der Waals surface area contributed by atoms with Crippen LogP contribution in [-0.4, -0.2) is 41.0 Å². The molecule has 148 valence electrons. The van der Waals surface area contributed by atoms with E-state index in [-0.39, 0.29) is 17.5 Å². The van der Waals surface area contributed by atoms with Crippen LogP contribution in [0.2, 0.25) is 0 Å². The monoisotopic (exact) mass is 393 g/mol. The standard InChI is InChI=1S/C19H20BN5O4/c1-11-6-17-12(2-4-20(27)29-17)7-15(11)23-19-14(18(22)26)9-25(24-19)16-10-28-5-3-13(16)8-21/h2,4,6-7,9,13,16,27H,3,5,10H2,1H3,(H2,22,26)(H,23,24)/t13-,16+/m1/s1. The number of rotatable bonds is 4. The zero-order valence-corrected chi connectivity index (χ0v) is 15.8. The molecule has 4 rings (SSSR count). The summed E-state index contributed by atoms with van der Waals surface area (Å²) in [6, 6.07) is 5.64. The van der Waals surface area contributed by atoms with Gasteiger partial charge in [-0.15, -0.1) is 0 Å². The average Bonchev–Trinajstić information content (AvgIpc) is 3.12. The van der Waals surface area contributed by atoms with Gasteiger partial charge < -0.3 is 25.5 Å². The number of nitriles is 1. The van der Waals surface area contributed by atoms with Gasteiger partial charge in [-0.3, -0.25) is 9.48 Å². The first-order chi connectivity index (χ1) is 14.0. The van der Waals surface area contributed by atoms with Crippen molar-refractivity contribution in [1.82, 2.24) is 9.78 Å². The Labute approximate surface area is 167 Å². The molecule has 9 nitrogen and oxygen atoms in total. The zero-order chi connectivity index (χ0) is 20.5. The summed E-state index contributed by atoms with van der Waals surface area (Å²) in [4.78, 5) is 12.0. The lowest BCUT2D eigenvalue weighted by Gasteiger charge is -2.27. The van der Waals surface area contributed by atoms with Crippen LogP contribution in [0.1, 0.15) is 33.9 Å². The van der Waals surface area contributed by atoms with Crippen molar-refractivity contribution in [3.63, 3.8) is 0 Å². The fourth-order valence-electron chi connectivity index (χ4n) is 3.52. The Balaban J connectivity index is 1.68. The number of ether oxygens (including phenoxy) is 1. The van der Waals surface area contributed by atoms with E-state index < -0.39 is 13.0 Å². The molecule has 2 atom stereocenters. The van der Waals surface area contributed by atoms with E-state index in [2.05, 4.69) is 16.5 Å². The summed E-state index contributed by atoms with van der Waals surface area (Å²) in [7, 11) is -0.969. The summed E-state index contributed by atoms with van der Waals surface area (Å²) in [5.74, 6) is 1.54. The predicted molar refractivity (Wildman–Crippen MR) is 106 cm³/mol. The molecule has 0 aliphatic carbocycles. The molecule has 2 aliphatic rings. The summed E-state index contributed by atoms with van der Waals surface area (Å²) in [5.41, 5.74) is 8.13. The Kier molecular flexibility index (Phi) is 5.00. The Morgan fingerprint density at radius 3 is 3.10 bits per heavy atom. The quantitative estimate of drug-likeness (QED) is 0.671. The number of aromatic nitrogens is 2. The number of hydrogen-bond donors (Lipinski definition) is 3. The number of nitrogens with two attached hydrogens (primary N) is 1. The molecule has 0 unspecified atom stereocenters. The number of carbonyl (C=O) groups is 1. The van der Waals surface area contributed by atoms with Crippen LogP contribution >= 0.6 is 0 Å². The summed E-state index contributed by atoms with van der Waals surface area (Å²) in [5, 5.41) is 26.7. The first kappa shape index (κ1) is 19.0. The number of primary amides is 1. The molecule has 0 radical (unpaired) electrons. The number of carbonyl (C=O) groups excluding carboxylic acids is 1. The summed E-state index contributed by atoms with van der Waals surface area (Å²) < 4.78 is 12.5. The number of fused-ring (bicyclic) bond motifs is 1. The van der Waals surface area contributed by atoms with Crippen LogP contribution in [0.5, 0.6) is 5.75 Å². The van der Waals surface area contributed by atoms with Gasteiger partial charge in [-0.1, -0.05) is 6.08 Å². The first-order valence-corrected chi connectivity index (χ1v) is 9.27. The minimum absolute atomic E-state index is 0.228. The molecule has 29 heavy (non-hydrogen) atoms. The van der Waals surface area contributed by atoms with Gasteiger partial charge in [0.1, 0.15) is 11.3 Å². The fourth-order valence-corrected chi connectivity index (χ4v) is 3.52. The van der Waals surface area contributed by atoms with E-state index in [1.807, 2.05) is 13.0 Å². The van der Waals surface area contributed by atoms with Gasteiger partial charge in [-0.2, -0.15) is 10.4 Å². The van der Waals surface area contributed by atoms with Crippen molar-refractivity contribution >= 4 is 30.6 Å². The molecule has 1 fully saturated rings. The highest BCUT2D eigenvalue weighted by molar-refractivity contribution is 6.51. The molecule has 1 saturated heterocycles. The van der Waals surface area contributed by atoms with Crippen LogP contribution in [0, 0.1) is 24.2 Å². The van der Waals surface area contributed by atoms with Crippen molar-refractivity contribution < 1.29 is 19.2 Å². The van der Waals surface area contributed by atoms with Crippen molar-refractivity contribution in [1.29, 1.82) is 5.26 Å². The number of aryl methyl sites for hydroxylation is 1. The third-order valence-electron chi connectivity index (χ3n) is 5.13. The van der Waals surface area contributed by atoms with Crippen molar-refractivity contribution in [3.05, 3.63) is 41.0 Å². The smallest absolute Gasteiger partial charge is 0.532 e. The largest absolute Gasteiger partial charge is 0.552 e. The Morgan fingerprint density at radius 1 is 1.52 bits per heavy atom. The summed E-state index contributed by atoms with van der Waals surface area (Å²) in [6.45, 7) is 2.75. The summed E-state index contributed by atoms with van der Waals surface area (Å²) in [6.07, 6.45) is 3.93. The first-order valence-electron chi connectivity index (χ1n) is 9.27. The lowest BCUT2D eigenvalue weighted by Crippen LogP contribution is -2.29. The van der Waals surface area contributed by atoms with E-state index in [1.165, 1.54) is 5.98 Å². The van der Waals surface area contributed by atoms with Crippen LogP contribution in [0.4, 0.5) is 11.5 Å². The average molecular weight is 393 g/mol. The van der Waals surface area contributed by atoms with Crippen LogP contribution in [0.25, 0.3) is 6.08 Å². The van der Waals surface area contributed by atoms with Crippen molar-refractivity contribution in [3.8, 4) is 11.8 Å². The van der Waals surface area contributed by atoms with Gasteiger partial charge in [0.25, 0.3) is 5.91 Å². The Bertz CT molecular complexity index is 1030. The molecule has 2 aliphatic heterocycles. The predicted octanol–water partition coefficient (Wildman–Crippen LogP) is 1.56. The molecular weight excluding hydrogens is 373 g/mol.